The molecular weight excluding hydrogens is 355 g/mol. The second-order valence-electron chi connectivity index (χ2n) is 8.97. The molecule has 4 aromatic rings. The molecule has 0 radical (unpaired) electrons. The number of fused-ring (bicyclic) bond motifs is 1. The Morgan fingerprint density at radius 1 is 0.857 bits per heavy atom. The van der Waals surface area contributed by atoms with Gasteiger partial charge in [0.05, 0.1) is 0 Å². The van der Waals surface area contributed by atoms with Gasteiger partial charge in [-0.05, 0) is 51.7 Å². The number of rotatable bonds is 3. The van der Waals surface area contributed by atoms with Crippen molar-refractivity contribution in [1.29, 1.82) is 0 Å². The first-order chi connectivity index (χ1) is 13.5. The van der Waals surface area contributed by atoms with Crippen molar-refractivity contribution >= 4 is 23.6 Å². The molecular formula is C27H27P. The topological polar surface area (TPSA) is 0 Å². The molecule has 1 aliphatic carbocycles. The number of hydrogen-bond acceptors (Lipinski definition) is 0. The van der Waals surface area contributed by atoms with Gasteiger partial charge >= 0.3 is 0 Å². The van der Waals surface area contributed by atoms with Crippen molar-refractivity contribution < 1.29 is 0 Å². The molecule has 0 amide bonds. The maximum absolute atomic E-state index is 2.42. The average molecular weight is 382 g/mol. The van der Waals surface area contributed by atoms with Crippen LogP contribution in [0.2, 0.25) is 0 Å². The molecule has 1 unspecified atom stereocenters. The molecule has 1 heterocycles. The molecule has 0 aliphatic heterocycles. The summed E-state index contributed by atoms with van der Waals surface area (Å²) >= 11 is 0. The summed E-state index contributed by atoms with van der Waals surface area (Å²) in [5.41, 5.74) is 7.67. The van der Waals surface area contributed by atoms with Crippen LogP contribution >= 0.6 is 7.53 Å². The molecule has 0 saturated carbocycles. The second-order valence-corrected chi connectivity index (χ2v) is 11.1. The maximum Gasteiger partial charge on any atom is 0.00745 e. The summed E-state index contributed by atoms with van der Waals surface area (Å²) in [6.45, 7) is 9.18. The first-order valence-electron chi connectivity index (χ1n) is 10.3. The van der Waals surface area contributed by atoms with Crippen LogP contribution < -0.4 is 4.95 Å². The highest BCUT2D eigenvalue weighted by Gasteiger charge is 2.26. The molecule has 0 spiro atoms. The average Bonchev–Trinajstić information content (AvgIpc) is 3.17. The molecule has 0 fully saturated rings. The first-order valence-corrected chi connectivity index (χ1v) is 11.7. The zero-order valence-electron chi connectivity index (χ0n) is 17.2. The van der Waals surface area contributed by atoms with Gasteiger partial charge in [0.1, 0.15) is 0 Å². The van der Waals surface area contributed by atoms with Crippen LogP contribution in [0.25, 0.3) is 32.5 Å². The molecule has 28 heavy (non-hydrogen) atoms. The summed E-state index contributed by atoms with van der Waals surface area (Å²) in [5, 5.41) is 4.59. The van der Waals surface area contributed by atoms with E-state index < -0.39 is 7.53 Å². The normalized spacial score (nSPS) is 14.3. The third kappa shape index (κ3) is 2.59. The molecule has 0 nitrogen and oxygen atoms in total. The third-order valence-electron chi connectivity index (χ3n) is 6.19. The van der Waals surface area contributed by atoms with Crippen LogP contribution in [0.5, 0.6) is 0 Å². The first kappa shape index (κ1) is 17.8. The van der Waals surface area contributed by atoms with Gasteiger partial charge in [-0.25, -0.2) is 0 Å². The fraction of sp³-hybridized carbons (Fsp3) is 0.259. The zero-order valence-corrected chi connectivity index (χ0v) is 18.1. The molecule has 3 aromatic carbocycles. The lowest BCUT2D eigenvalue weighted by molar-refractivity contribution is 0.590. The van der Waals surface area contributed by atoms with Crippen molar-refractivity contribution in [3.05, 3.63) is 82.8 Å². The van der Waals surface area contributed by atoms with Crippen LogP contribution in [-0.2, 0) is 11.8 Å². The Morgan fingerprint density at radius 2 is 1.57 bits per heavy atom. The molecule has 1 aromatic heterocycles. The second kappa shape index (κ2) is 6.36. The van der Waals surface area contributed by atoms with Crippen LogP contribution in [0, 0.1) is 0 Å². The molecule has 1 atom stereocenters. The molecule has 0 N–H and O–H groups in total. The summed E-state index contributed by atoms with van der Waals surface area (Å²) in [7, 11) is -0.426. The predicted octanol–water partition coefficient (Wildman–Crippen LogP) is 7.62. The minimum absolute atomic E-state index is 0.192. The van der Waals surface area contributed by atoms with Crippen LogP contribution in [0.1, 0.15) is 45.2 Å². The number of benzene rings is 3. The van der Waals surface area contributed by atoms with Gasteiger partial charge in [-0.3, -0.25) is 0 Å². The van der Waals surface area contributed by atoms with Gasteiger partial charge in [0.25, 0.3) is 0 Å². The van der Waals surface area contributed by atoms with E-state index in [1.807, 2.05) is 0 Å². The van der Waals surface area contributed by atoms with Gasteiger partial charge in [0.2, 0.25) is 0 Å². The van der Waals surface area contributed by atoms with Crippen LogP contribution in [0.3, 0.4) is 0 Å². The lowest BCUT2D eigenvalue weighted by atomic mass is 9.86. The van der Waals surface area contributed by atoms with E-state index >= 15 is 0 Å². The highest BCUT2D eigenvalue weighted by Crippen LogP contribution is 2.52. The van der Waals surface area contributed by atoms with Crippen molar-refractivity contribution in [2.24, 2.45) is 0 Å². The molecule has 2 bridgehead atoms. The van der Waals surface area contributed by atoms with E-state index in [1.165, 1.54) is 27.6 Å². The van der Waals surface area contributed by atoms with Crippen molar-refractivity contribution in [3.63, 3.8) is 0 Å². The quantitative estimate of drug-likeness (QED) is 0.342. The van der Waals surface area contributed by atoms with E-state index in [-0.39, 0.29) is 5.41 Å². The smallest absolute Gasteiger partial charge is 0.00745 e. The van der Waals surface area contributed by atoms with E-state index in [2.05, 4.69) is 94.4 Å². The fourth-order valence-electron chi connectivity index (χ4n) is 4.69. The summed E-state index contributed by atoms with van der Waals surface area (Å²) in [6, 6.07) is 25.3. The summed E-state index contributed by atoms with van der Waals surface area (Å²) in [4.78, 5) is 1.66. The van der Waals surface area contributed by atoms with E-state index in [0.717, 1.165) is 12.8 Å². The third-order valence-corrected chi connectivity index (χ3v) is 8.85. The Balaban J connectivity index is 1.83. The maximum atomic E-state index is 2.42. The van der Waals surface area contributed by atoms with Crippen molar-refractivity contribution in [2.75, 3.05) is 0 Å². The van der Waals surface area contributed by atoms with E-state index in [0.29, 0.717) is 0 Å². The lowest BCUT2D eigenvalue weighted by Gasteiger charge is -2.19. The molecule has 1 aliphatic rings. The van der Waals surface area contributed by atoms with Crippen molar-refractivity contribution in [3.8, 4) is 16.4 Å². The van der Waals surface area contributed by atoms with Gasteiger partial charge in [-0.15, -0.1) is 0 Å². The van der Waals surface area contributed by atoms with Gasteiger partial charge in [-0.1, -0.05) is 101 Å². The highest BCUT2D eigenvalue weighted by molar-refractivity contribution is 7.62. The molecule has 5 rings (SSSR count). The van der Waals surface area contributed by atoms with Crippen LogP contribution in [-0.4, -0.2) is 0 Å². The molecule has 1 heteroatoms. The van der Waals surface area contributed by atoms with Gasteiger partial charge in [0.15, 0.2) is 0 Å². The minimum atomic E-state index is -0.426. The van der Waals surface area contributed by atoms with Crippen molar-refractivity contribution in [2.45, 2.75) is 46.0 Å². The SMILES string of the molecule is CCC1=c2c3c(ccc(c3-c3ccc(C(C)(C)C)cc3)p2-c2ccccc2)C1. The number of hydrogen-bond donors (Lipinski definition) is 0. The predicted molar refractivity (Wildman–Crippen MR) is 125 cm³/mol. The summed E-state index contributed by atoms with van der Waals surface area (Å²) < 4.78 is 0. The van der Waals surface area contributed by atoms with Crippen LogP contribution in [0.15, 0.2) is 66.7 Å². The lowest BCUT2D eigenvalue weighted by Crippen LogP contribution is -2.10. The van der Waals surface area contributed by atoms with E-state index in [9.17, 15) is 0 Å². The molecule has 140 valence electrons. The Kier molecular flexibility index (Phi) is 4.04. The largest absolute Gasteiger partial charge is 0.0772 e. The highest BCUT2D eigenvalue weighted by atomic mass is 31.1. The Morgan fingerprint density at radius 3 is 2.21 bits per heavy atom. The van der Waals surface area contributed by atoms with Crippen LogP contribution in [0.4, 0.5) is 0 Å². The Labute approximate surface area is 169 Å². The standard InChI is InChI=1S/C27H27P/c1-5-18-17-20-13-16-23-24(19-11-14-21(15-12-19)27(2,3)4)25(20)26(18)28(23)22-9-7-6-8-10-22/h6-16H,5,17H2,1-4H3. The van der Waals surface area contributed by atoms with Crippen molar-refractivity contribution in [1.82, 2.24) is 0 Å². The van der Waals surface area contributed by atoms with Gasteiger partial charge < -0.3 is 0 Å². The van der Waals surface area contributed by atoms with E-state index in [1.54, 1.807) is 21.0 Å². The molecule has 0 saturated heterocycles. The fourth-order valence-corrected chi connectivity index (χ4v) is 7.65. The summed E-state index contributed by atoms with van der Waals surface area (Å²) in [6.07, 6.45) is 2.30. The minimum Gasteiger partial charge on any atom is -0.0772 e. The monoisotopic (exact) mass is 382 g/mol. The summed E-state index contributed by atoms with van der Waals surface area (Å²) in [5.74, 6) is 0. The Hall–Kier alpha value is -2.30. The van der Waals surface area contributed by atoms with Gasteiger partial charge in [0, 0.05) is 15.6 Å². The zero-order chi connectivity index (χ0) is 19.5. The van der Waals surface area contributed by atoms with E-state index in [4.69, 9.17) is 0 Å². The van der Waals surface area contributed by atoms with Gasteiger partial charge in [-0.2, -0.15) is 0 Å². The Bertz CT molecular complexity index is 1220.